The quantitative estimate of drug-likeness (QED) is 0.444. The van der Waals surface area contributed by atoms with Crippen molar-refractivity contribution >= 4 is 6.16 Å². The van der Waals surface area contributed by atoms with E-state index in [1.54, 1.807) is 45.0 Å². The summed E-state index contributed by atoms with van der Waals surface area (Å²) >= 11 is 0. The molecule has 0 fully saturated rings. The minimum Gasteiger partial charge on any atom is -0.457 e. The highest BCUT2D eigenvalue weighted by molar-refractivity contribution is 5.64. The molecule has 0 aliphatic rings. The molecule has 168 valence electrons. The molecule has 3 rings (SSSR count). The van der Waals surface area contributed by atoms with Crippen LogP contribution in [-0.2, 0) is 6.42 Å². The molecule has 0 unspecified atom stereocenters. The normalized spacial score (nSPS) is 11.2. The molecule has 0 atom stereocenters. The Hall–Kier alpha value is -3.75. The number of ether oxygens (including phenoxy) is 3. The highest BCUT2D eigenvalue weighted by Gasteiger charge is 2.31. The lowest BCUT2D eigenvalue weighted by atomic mass is 9.99. The fraction of sp³-hybridized carbons (Fsp3) is 0.217. The van der Waals surface area contributed by atoms with Crippen molar-refractivity contribution in [1.29, 1.82) is 0 Å². The van der Waals surface area contributed by atoms with E-state index in [4.69, 9.17) is 14.6 Å². The van der Waals surface area contributed by atoms with Crippen molar-refractivity contribution in [3.8, 4) is 23.0 Å². The van der Waals surface area contributed by atoms with Crippen molar-refractivity contribution in [1.82, 2.24) is 4.98 Å². The summed E-state index contributed by atoms with van der Waals surface area (Å²) in [5.41, 5.74) is 3.56. The number of aryl methyl sites for hydroxylation is 2. The van der Waals surface area contributed by atoms with E-state index < -0.39 is 12.5 Å². The summed E-state index contributed by atoms with van der Waals surface area (Å²) in [5.74, 6) is 0.773. The number of aromatic nitrogens is 1. The smallest absolute Gasteiger partial charge is 0.457 e. The lowest BCUT2D eigenvalue weighted by molar-refractivity contribution is -0.274. The second-order valence-corrected chi connectivity index (χ2v) is 7.03. The van der Waals surface area contributed by atoms with Gasteiger partial charge in [0.1, 0.15) is 23.0 Å². The lowest BCUT2D eigenvalue weighted by Gasteiger charge is -2.16. The SMILES string of the molecule is Cc1nc(C)c(Cc2ccc(Oc3ccc(OC(F)(F)F)cc3)cc2)c(OC(=O)O)c1C. The summed E-state index contributed by atoms with van der Waals surface area (Å²) < 4.78 is 51.2. The van der Waals surface area contributed by atoms with Crippen molar-refractivity contribution in [2.45, 2.75) is 33.6 Å². The first-order valence-corrected chi connectivity index (χ1v) is 9.52. The average molecular weight is 447 g/mol. The summed E-state index contributed by atoms with van der Waals surface area (Å²) in [7, 11) is 0. The summed E-state index contributed by atoms with van der Waals surface area (Å²) in [6, 6.07) is 12.1. The Morgan fingerprint density at radius 2 is 1.44 bits per heavy atom. The zero-order chi connectivity index (χ0) is 23.5. The van der Waals surface area contributed by atoms with Gasteiger partial charge in [0.15, 0.2) is 0 Å². The molecule has 0 bridgehead atoms. The first kappa shape index (κ1) is 22.9. The van der Waals surface area contributed by atoms with Crippen LogP contribution in [0.3, 0.4) is 0 Å². The van der Waals surface area contributed by atoms with Gasteiger partial charge in [-0.25, -0.2) is 4.79 Å². The maximum atomic E-state index is 12.2. The average Bonchev–Trinajstić information content (AvgIpc) is 2.70. The number of rotatable bonds is 6. The molecule has 9 heteroatoms. The standard InChI is InChI=1S/C23H20F3NO5/c1-13-14(2)27-15(3)20(21(13)31-22(28)29)12-16-4-6-17(7-5-16)30-18-8-10-19(11-9-18)32-23(24,25)26/h4-11H,12H2,1-3H3,(H,28,29). The molecule has 0 saturated heterocycles. The Kier molecular flexibility index (Phi) is 6.57. The minimum absolute atomic E-state index is 0.281. The van der Waals surface area contributed by atoms with Crippen molar-refractivity contribution in [3.63, 3.8) is 0 Å². The van der Waals surface area contributed by atoms with E-state index in [0.717, 1.165) is 17.7 Å². The highest BCUT2D eigenvalue weighted by atomic mass is 19.4. The predicted octanol–water partition coefficient (Wildman–Crippen LogP) is 6.35. The van der Waals surface area contributed by atoms with E-state index in [-0.39, 0.29) is 11.5 Å². The van der Waals surface area contributed by atoms with Crippen LogP contribution in [-0.4, -0.2) is 22.6 Å². The Morgan fingerprint density at radius 3 is 1.97 bits per heavy atom. The fourth-order valence-corrected chi connectivity index (χ4v) is 3.12. The number of pyridine rings is 1. The number of alkyl halides is 3. The summed E-state index contributed by atoms with van der Waals surface area (Å²) in [5, 5.41) is 9.09. The molecule has 0 aliphatic heterocycles. The molecule has 0 radical (unpaired) electrons. The fourth-order valence-electron chi connectivity index (χ4n) is 3.12. The molecule has 6 nitrogen and oxygen atoms in total. The zero-order valence-corrected chi connectivity index (χ0v) is 17.5. The van der Waals surface area contributed by atoms with Gasteiger partial charge >= 0.3 is 12.5 Å². The molecule has 1 aromatic heterocycles. The van der Waals surface area contributed by atoms with Crippen molar-refractivity contribution < 1.29 is 37.3 Å². The van der Waals surface area contributed by atoms with E-state index in [9.17, 15) is 18.0 Å². The number of carboxylic acid groups (broad SMARTS) is 1. The predicted molar refractivity (Wildman–Crippen MR) is 110 cm³/mol. The van der Waals surface area contributed by atoms with Crippen LogP contribution in [0.5, 0.6) is 23.0 Å². The molecule has 32 heavy (non-hydrogen) atoms. The van der Waals surface area contributed by atoms with Crippen LogP contribution >= 0.6 is 0 Å². The van der Waals surface area contributed by atoms with Crippen LogP contribution in [0.25, 0.3) is 0 Å². The zero-order valence-electron chi connectivity index (χ0n) is 17.5. The number of hydrogen-bond donors (Lipinski definition) is 1. The third kappa shape index (κ3) is 5.90. The molecule has 3 aromatic rings. The number of halogens is 3. The first-order valence-electron chi connectivity index (χ1n) is 9.52. The summed E-state index contributed by atoms with van der Waals surface area (Å²) in [6.45, 7) is 5.33. The Morgan fingerprint density at radius 1 is 0.906 bits per heavy atom. The molecular formula is C23H20F3NO5. The van der Waals surface area contributed by atoms with Gasteiger partial charge < -0.3 is 19.3 Å². The molecule has 0 aliphatic carbocycles. The number of nitrogens with zero attached hydrogens (tertiary/aromatic N) is 1. The van der Waals surface area contributed by atoms with E-state index in [1.807, 2.05) is 0 Å². The third-order valence-corrected chi connectivity index (χ3v) is 4.72. The maximum absolute atomic E-state index is 12.2. The summed E-state index contributed by atoms with van der Waals surface area (Å²) in [6.07, 6.45) is -5.75. The number of benzene rings is 2. The van der Waals surface area contributed by atoms with E-state index in [1.165, 1.54) is 12.1 Å². The van der Waals surface area contributed by atoms with Gasteiger partial charge in [0, 0.05) is 28.9 Å². The molecule has 0 saturated carbocycles. The topological polar surface area (TPSA) is 77.9 Å². The van der Waals surface area contributed by atoms with E-state index in [2.05, 4.69) is 9.72 Å². The van der Waals surface area contributed by atoms with Gasteiger partial charge in [-0.3, -0.25) is 4.98 Å². The molecule has 0 spiro atoms. The van der Waals surface area contributed by atoms with Crippen LogP contribution in [0.15, 0.2) is 48.5 Å². The maximum Gasteiger partial charge on any atom is 0.573 e. The van der Waals surface area contributed by atoms with Gasteiger partial charge in [-0.15, -0.1) is 13.2 Å². The van der Waals surface area contributed by atoms with Crippen LogP contribution in [0, 0.1) is 20.8 Å². The van der Waals surface area contributed by atoms with Gasteiger partial charge in [0.2, 0.25) is 0 Å². The number of carbonyl (C=O) groups is 1. The highest BCUT2D eigenvalue weighted by Crippen LogP contribution is 2.31. The van der Waals surface area contributed by atoms with Crippen molar-refractivity contribution in [2.75, 3.05) is 0 Å². The minimum atomic E-state index is -4.75. The number of hydrogen-bond acceptors (Lipinski definition) is 5. The largest absolute Gasteiger partial charge is 0.573 e. The monoisotopic (exact) mass is 447 g/mol. The van der Waals surface area contributed by atoms with Crippen LogP contribution < -0.4 is 14.2 Å². The van der Waals surface area contributed by atoms with Gasteiger partial charge in [-0.1, -0.05) is 12.1 Å². The third-order valence-electron chi connectivity index (χ3n) is 4.72. The molecular weight excluding hydrogens is 427 g/mol. The van der Waals surface area contributed by atoms with Gasteiger partial charge in [-0.2, -0.15) is 0 Å². The second-order valence-electron chi connectivity index (χ2n) is 7.03. The van der Waals surface area contributed by atoms with Crippen LogP contribution in [0.1, 0.15) is 28.1 Å². The van der Waals surface area contributed by atoms with Gasteiger partial charge in [0.05, 0.1) is 0 Å². The first-order chi connectivity index (χ1) is 15.0. The second kappa shape index (κ2) is 9.17. The van der Waals surface area contributed by atoms with Crippen molar-refractivity contribution in [2.24, 2.45) is 0 Å². The van der Waals surface area contributed by atoms with Crippen molar-refractivity contribution in [3.05, 3.63) is 76.6 Å². The van der Waals surface area contributed by atoms with Crippen LogP contribution in [0.2, 0.25) is 0 Å². The Balaban J connectivity index is 1.74. The lowest BCUT2D eigenvalue weighted by Crippen LogP contribution is -2.16. The van der Waals surface area contributed by atoms with Gasteiger partial charge in [-0.05, 0) is 62.7 Å². The summed E-state index contributed by atoms with van der Waals surface area (Å²) in [4.78, 5) is 15.6. The van der Waals surface area contributed by atoms with Gasteiger partial charge in [0.25, 0.3) is 0 Å². The molecule has 1 N–H and O–H groups in total. The Labute approximate surface area is 182 Å². The van der Waals surface area contributed by atoms with E-state index >= 15 is 0 Å². The Bertz CT molecular complexity index is 1110. The molecule has 0 amide bonds. The molecule has 2 aromatic carbocycles. The molecule has 1 heterocycles. The van der Waals surface area contributed by atoms with Crippen LogP contribution in [0.4, 0.5) is 18.0 Å². The van der Waals surface area contributed by atoms with E-state index in [0.29, 0.717) is 40.4 Å².